The van der Waals surface area contributed by atoms with Gasteiger partial charge in [-0.1, -0.05) is 18.2 Å². The van der Waals surface area contributed by atoms with E-state index in [2.05, 4.69) is 20.5 Å². The van der Waals surface area contributed by atoms with Gasteiger partial charge in [-0.15, -0.1) is 5.10 Å². The van der Waals surface area contributed by atoms with E-state index in [0.717, 1.165) is 30.9 Å². The molecule has 0 bridgehead atoms. The van der Waals surface area contributed by atoms with Crippen LogP contribution in [0.3, 0.4) is 0 Å². The van der Waals surface area contributed by atoms with Crippen molar-refractivity contribution >= 4 is 17.5 Å². The summed E-state index contributed by atoms with van der Waals surface area (Å²) in [6.45, 7) is 3.79. The molecule has 9 nitrogen and oxygen atoms in total. The molecule has 0 radical (unpaired) electrons. The molecular formula is C23H27N7O2. The first kappa shape index (κ1) is 20.4. The molecule has 2 amide bonds. The number of amides is 2. The summed E-state index contributed by atoms with van der Waals surface area (Å²) in [6, 6.07) is 9.82. The molecule has 1 saturated carbocycles. The van der Waals surface area contributed by atoms with E-state index < -0.39 is 0 Å². The molecule has 1 aliphatic heterocycles. The largest absolute Gasteiger partial charge is 0.336 e. The van der Waals surface area contributed by atoms with E-state index >= 15 is 0 Å². The molecule has 3 aromatic rings. The van der Waals surface area contributed by atoms with Gasteiger partial charge in [-0.2, -0.15) is 5.10 Å². The van der Waals surface area contributed by atoms with Crippen molar-refractivity contribution in [3.05, 3.63) is 54.4 Å². The minimum absolute atomic E-state index is 0.0183. The Hall–Kier alpha value is -3.49. The molecule has 166 valence electrons. The Labute approximate surface area is 186 Å². The van der Waals surface area contributed by atoms with E-state index in [1.807, 2.05) is 48.1 Å². The molecule has 1 aliphatic carbocycles. The highest BCUT2D eigenvalue weighted by Crippen LogP contribution is 2.39. The highest BCUT2D eigenvalue weighted by molar-refractivity contribution is 5.93. The van der Waals surface area contributed by atoms with Crippen LogP contribution in [-0.4, -0.2) is 54.3 Å². The summed E-state index contributed by atoms with van der Waals surface area (Å²) in [5, 5.41) is 11.7. The molecule has 2 aromatic heterocycles. The van der Waals surface area contributed by atoms with Crippen molar-refractivity contribution in [1.29, 1.82) is 0 Å². The summed E-state index contributed by atoms with van der Waals surface area (Å²) in [7, 11) is 0. The lowest BCUT2D eigenvalue weighted by Crippen LogP contribution is -2.41. The number of nitrogens with zero attached hydrogens (tertiary/aromatic N) is 6. The van der Waals surface area contributed by atoms with Crippen LogP contribution >= 0.6 is 0 Å². The zero-order valence-electron chi connectivity index (χ0n) is 18.1. The number of carbonyl (C=O) groups excluding carboxylic acids is 2. The second-order valence-corrected chi connectivity index (χ2v) is 8.46. The first-order valence-corrected chi connectivity index (χ1v) is 11.3. The molecule has 2 aliphatic rings. The molecule has 3 heterocycles. The maximum Gasteiger partial charge on any atom is 0.293 e. The number of anilines is 1. The number of hydrogen-bond donors (Lipinski definition) is 1. The van der Waals surface area contributed by atoms with Crippen LogP contribution in [0.25, 0.3) is 5.69 Å². The van der Waals surface area contributed by atoms with Crippen LogP contribution in [0.1, 0.15) is 55.0 Å². The summed E-state index contributed by atoms with van der Waals surface area (Å²) in [4.78, 5) is 32.1. The zero-order chi connectivity index (χ0) is 22.1. The van der Waals surface area contributed by atoms with Crippen molar-refractivity contribution in [2.24, 2.45) is 5.92 Å². The Kier molecular flexibility index (Phi) is 5.46. The second kappa shape index (κ2) is 8.57. The van der Waals surface area contributed by atoms with Gasteiger partial charge in [0.15, 0.2) is 0 Å². The van der Waals surface area contributed by atoms with E-state index in [0.29, 0.717) is 37.5 Å². The quantitative estimate of drug-likeness (QED) is 0.645. The summed E-state index contributed by atoms with van der Waals surface area (Å²) in [6.07, 6.45) is 6.88. The summed E-state index contributed by atoms with van der Waals surface area (Å²) in [5.74, 6) is 1.17. The molecular weight excluding hydrogens is 406 g/mol. The SMILES string of the molecule is CCn1cc(NC(=O)C2CCN(C(=O)c3nc(C4CC4)n(-c4ccccc4)n3)CC2)cn1. The van der Waals surface area contributed by atoms with Gasteiger partial charge in [0.2, 0.25) is 11.7 Å². The lowest BCUT2D eigenvalue weighted by Gasteiger charge is -2.30. The van der Waals surface area contributed by atoms with E-state index in [1.54, 1.807) is 15.8 Å². The molecule has 5 rings (SSSR count). The van der Waals surface area contributed by atoms with Crippen molar-refractivity contribution in [1.82, 2.24) is 29.4 Å². The van der Waals surface area contributed by atoms with E-state index in [-0.39, 0.29) is 23.6 Å². The molecule has 2 fully saturated rings. The van der Waals surface area contributed by atoms with Crippen LogP contribution in [0.5, 0.6) is 0 Å². The normalized spacial score (nSPS) is 16.8. The number of aromatic nitrogens is 5. The highest BCUT2D eigenvalue weighted by atomic mass is 16.2. The first-order valence-electron chi connectivity index (χ1n) is 11.3. The van der Waals surface area contributed by atoms with Crippen LogP contribution in [0, 0.1) is 5.92 Å². The fourth-order valence-electron chi connectivity index (χ4n) is 4.11. The molecule has 32 heavy (non-hydrogen) atoms. The Morgan fingerprint density at radius 2 is 1.84 bits per heavy atom. The Balaban J connectivity index is 1.23. The molecule has 0 atom stereocenters. The lowest BCUT2D eigenvalue weighted by atomic mass is 9.96. The Bertz CT molecular complexity index is 1110. The van der Waals surface area contributed by atoms with Crippen molar-refractivity contribution in [3.63, 3.8) is 0 Å². The lowest BCUT2D eigenvalue weighted by molar-refractivity contribution is -0.121. The second-order valence-electron chi connectivity index (χ2n) is 8.46. The number of likely N-dealkylation sites (tertiary alicyclic amines) is 1. The maximum atomic E-state index is 13.1. The topological polar surface area (TPSA) is 97.9 Å². The predicted molar refractivity (Wildman–Crippen MR) is 118 cm³/mol. The number of nitrogens with one attached hydrogen (secondary N) is 1. The minimum atomic E-state index is -0.162. The van der Waals surface area contributed by atoms with Crippen LogP contribution in [0.15, 0.2) is 42.7 Å². The van der Waals surface area contributed by atoms with E-state index in [1.165, 1.54) is 0 Å². The van der Waals surface area contributed by atoms with Crippen molar-refractivity contribution in [2.45, 2.75) is 45.1 Å². The van der Waals surface area contributed by atoms with Crippen molar-refractivity contribution in [2.75, 3.05) is 18.4 Å². The molecule has 0 spiro atoms. The van der Waals surface area contributed by atoms with Crippen LogP contribution in [-0.2, 0) is 11.3 Å². The predicted octanol–water partition coefficient (Wildman–Crippen LogP) is 2.85. The Morgan fingerprint density at radius 1 is 1.09 bits per heavy atom. The number of carbonyl (C=O) groups is 2. The molecule has 1 N–H and O–H groups in total. The molecule has 0 unspecified atom stereocenters. The monoisotopic (exact) mass is 433 g/mol. The maximum absolute atomic E-state index is 13.1. The van der Waals surface area contributed by atoms with Crippen molar-refractivity contribution in [3.8, 4) is 5.69 Å². The van der Waals surface area contributed by atoms with E-state index in [9.17, 15) is 9.59 Å². The van der Waals surface area contributed by atoms with Gasteiger partial charge in [0.1, 0.15) is 5.82 Å². The van der Waals surface area contributed by atoms with Gasteiger partial charge >= 0.3 is 0 Å². The summed E-state index contributed by atoms with van der Waals surface area (Å²) >= 11 is 0. The number of rotatable bonds is 6. The molecule has 9 heteroatoms. The highest BCUT2D eigenvalue weighted by Gasteiger charge is 2.34. The average Bonchev–Trinajstić information content (AvgIpc) is 3.42. The number of hydrogen-bond acceptors (Lipinski definition) is 5. The van der Waals surface area contributed by atoms with Gasteiger partial charge in [0, 0.05) is 37.7 Å². The standard InChI is InChI=1S/C23H27N7O2/c1-2-29-15-18(14-24-29)25-22(31)17-10-12-28(13-11-17)23(32)20-26-21(16-8-9-16)30(27-20)19-6-4-3-5-7-19/h3-7,14-17H,2,8-13H2,1H3,(H,25,31). The van der Waals surface area contributed by atoms with E-state index in [4.69, 9.17) is 0 Å². The third kappa shape index (κ3) is 4.15. The smallest absolute Gasteiger partial charge is 0.293 e. The van der Waals surface area contributed by atoms with Crippen molar-refractivity contribution < 1.29 is 9.59 Å². The zero-order valence-corrected chi connectivity index (χ0v) is 18.1. The Morgan fingerprint density at radius 3 is 2.50 bits per heavy atom. The third-order valence-corrected chi connectivity index (χ3v) is 6.14. The van der Waals surface area contributed by atoms with Gasteiger partial charge in [-0.05, 0) is 44.7 Å². The summed E-state index contributed by atoms with van der Waals surface area (Å²) in [5.41, 5.74) is 1.63. The molecule has 1 aromatic carbocycles. The number of para-hydroxylation sites is 1. The van der Waals surface area contributed by atoms with Gasteiger partial charge < -0.3 is 10.2 Å². The van der Waals surface area contributed by atoms with Gasteiger partial charge in [0.25, 0.3) is 5.91 Å². The van der Waals surface area contributed by atoms with Gasteiger partial charge in [0.05, 0.1) is 17.6 Å². The molecule has 1 saturated heterocycles. The fourth-order valence-corrected chi connectivity index (χ4v) is 4.11. The van der Waals surface area contributed by atoms with Gasteiger partial charge in [-0.3, -0.25) is 14.3 Å². The third-order valence-electron chi connectivity index (χ3n) is 6.14. The fraction of sp³-hybridized carbons (Fsp3) is 0.435. The van der Waals surface area contributed by atoms with Gasteiger partial charge in [-0.25, -0.2) is 9.67 Å². The van der Waals surface area contributed by atoms with Crippen LogP contribution in [0.2, 0.25) is 0 Å². The average molecular weight is 434 g/mol. The summed E-state index contributed by atoms with van der Waals surface area (Å²) < 4.78 is 3.58. The van der Waals surface area contributed by atoms with Crippen LogP contribution in [0.4, 0.5) is 5.69 Å². The minimum Gasteiger partial charge on any atom is -0.336 e. The number of aryl methyl sites for hydroxylation is 1. The number of benzene rings is 1. The van der Waals surface area contributed by atoms with Crippen LogP contribution < -0.4 is 5.32 Å². The first-order chi connectivity index (χ1) is 15.6. The number of piperidine rings is 1.